The fourth-order valence-electron chi connectivity index (χ4n) is 1.97. The maximum absolute atomic E-state index is 12.3. The molecule has 0 saturated heterocycles. The van der Waals surface area contributed by atoms with Crippen LogP contribution in [0.15, 0.2) is 41.0 Å². The predicted molar refractivity (Wildman–Crippen MR) is 88.3 cm³/mol. The molecule has 0 spiro atoms. The van der Waals surface area contributed by atoms with Crippen molar-refractivity contribution in [3.05, 3.63) is 42.3 Å². The van der Waals surface area contributed by atoms with Crippen molar-refractivity contribution in [1.82, 2.24) is 10.3 Å². The summed E-state index contributed by atoms with van der Waals surface area (Å²) in [4.78, 5) is 26.8. The number of nitrogens with one attached hydrogen (secondary N) is 1. The molecule has 25 heavy (non-hydrogen) atoms. The van der Waals surface area contributed by atoms with Gasteiger partial charge in [0.2, 0.25) is 18.2 Å². The number of hydrogen-bond acceptors (Lipinski definition) is 5. The van der Waals surface area contributed by atoms with Crippen LogP contribution in [0.1, 0.15) is 12.1 Å². The van der Waals surface area contributed by atoms with Gasteiger partial charge in [-0.15, -0.1) is 11.8 Å². The van der Waals surface area contributed by atoms with E-state index in [1.54, 1.807) is 0 Å². The Morgan fingerprint density at radius 2 is 2.00 bits per heavy atom. The largest absolute Gasteiger partial charge is 0.480 e. The Balaban J connectivity index is 1.79. The molecule has 1 atom stereocenters. The smallest absolute Gasteiger partial charge is 0.326 e. The number of carbonyl (C=O) groups is 2. The molecule has 0 aliphatic rings. The lowest BCUT2D eigenvalue weighted by Crippen LogP contribution is -2.42. The summed E-state index contributed by atoms with van der Waals surface area (Å²) in [6, 6.07) is 7.70. The monoisotopic (exact) mass is 370 g/mol. The van der Waals surface area contributed by atoms with Crippen molar-refractivity contribution < 1.29 is 27.9 Å². The normalized spacial score (nSPS) is 12.1. The van der Waals surface area contributed by atoms with Gasteiger partial charge in [-0.25, -0.2) is 18.6 Å². The van der Waals surface area contributed by atoms with Crippen LogP contribution in [0.3, 0.4) is 0 Å². The Labute approximate surface area is 146 Å². The molecule has 1 aromatic heterocycles. The number of benzene rings is 1. The van der Waals surface area contributed by atoms with Crippen LogP contribution in [-0.4, -0.2) is 40.2 Å². The number of rotatable bonds is 9. The summed E-state index contributed by atoms with van der Waals surface area (Å²) in [6.07, 6.45) is -2.25. The lowest BCUT2D eigenvalue weighted by Gasteiger charge is -2.13. The number of nitrogens with zero attached hydrogens (tertiary/aromatic N) is 1. The van der Waals surface area contributed by atoms with Gasteiger partial charge in [0.15, 0.2) is 0 Å². The highest BCUT2D eigenvalue weighted by Gasteiger charge is 2.23. The molecule has 0 aliphatic heterocycles. The molecule has 2 rings (SSSR count). The first-order valence-corrected chi connectivity index (χ1v) is 8.49. The topological polar surface area (TPSA) is 92.4 Å². The molecule has 0 fully saturated rings. The second-order valence-electron chi connectivity index (χ2n) is 5.09. The standard InChI is InChI=1S/C16H16F2N2O4S/c17-13(18)6-12(16(22)23)20-14(21)9-25-8-11-7-24-15(19-11)10-4-2-1-3-5-10/h1-5,7,12-13H,6,8-9H2,(H,20,21)(H,22,23). The maximum atomic E-state index is 12.3. The van der Waals surface area contributed by atoms with Gasteiger partial charge in [-0.05, 0) is 12.1 Å². The van der Waals surface area contributed by atoms with Gasteiger partial charge >= 0.3 is 5.97 Å². The van der Waals surface area contributed by atoms with E-state index in [1.807, 2.05) is 30.3 Å². The zero-order valence-corrected chi connectivity index (χ0v) is 13.8. The van der Waals surface area contributed by atoms with E-state index in [2.05, 4.69) is 10.3 Å². The zero-order valence-electron chi connectivity index (χ0n) is 13.0. The van der Waals surface area contributed by atoms with Crippen LogP contribution in [0, 0.1) is 0 Å². The molecule has 1 heterocycles. The van der Waals surface area contributed by atoms with Gasteiger partial charge in [0.1, 0.15) is 12.3 Å². The van der Waals surface area contributed by atoms with E-state index in [4.69, 9.17) is 9.52 Å². The van der Waals surface area contributed by atoms with Gasteiger partial charge in [-0.1, -0.05) is 18.2 Å². The van der Waals surface area contributed by atoms with Gasteiger partial charge < -0.3 is 14.8 Å². The van der Waals surface area contributed by atoms with Gasteiger partial charge in [-0.3, -0.25) is 4.79 Å². The average molecular weight is 370 g/mol. The quantitative estimate of drug-likeness (QED) is 0.705. The third-order valence-corrected chi connectivity index (χ3v) is 4.07. The van der Waals surface area contributed by atoms with E-state index in [1.165, 1.54) is 18.0 Å². The summed E-state index contributed by atoms with van der Waals surface area (Å²) in [6.45, 7) is 0. The number of thioether (sulfide) groups is 1. The first-order valence-electron chi connectivity index (χ1n) is 7.33. The third kappa shape index (κ3) is 6.18. The highest BCUT2D eigenvalue weighted by atomic mass is 32.2. The summed E-state index contributed by atoms with van der Waals surface area (Å²) in [5.41, 5.74) is 1.45. The molecule has 6 nitrogen and oxygen atoms in total. The van der Waals surface area contributed by atoms with Crippen molar-refractivity contribution in [2.24, 2.45) is 0 Å². The Morgan fingerprint density at radius 1 is 1.28 bits per heavy atom. The third-order valence-electron chi connectivity index (χ3n) is 3.10. The van der Waals surface area contributed by atoms with E-state index in [0.717, 1.165) is 5.56 Å². The number of alkyl halides is 2. The number of carbonyl (C=O) groups excluding carboxylic acids is 1. The van der Waals surface area contributed by atoms with Gasteiger partial charge in [0, 0.05) is 17.7 Å². The lowest BCUT2D eigenvalue weighted by molar-refractivity contribution is -0.142. The highest BCUT2D eigenvalue weighted by Crippen LogP contribution is 2.20. The molecule has 0 aliphatic carbocycles. The molecule has 0 bridgehead atoms. The Kier molecular flexibility index (Phi) is 6.93. The Morgan fingerprint density at radius 3 is 2.64 bits per heavy atom. The fourth-order valence-corrected chi connectivity index (χ4v) is 2.68. The van der Waals surface area contributed by atoms with Crippen LogP contribution >= 0.6 is 11.8 Å². The van der Waals surface area contributed by atoms with Crippen molar-refractivity contribution in [1.29, 1.82) is 0 Å². The summed E-state index contributed by atoms with van der Waals surface area (Å²) >= 11 is 1.18. The molecule has 0 radical (unpaired) electrons. The average Bonchev–Trinajstić information content (AvgIpc) is 3.03. The van der Waals surface area contributed by atoms with Crippen LogP contribution in [0.5, 0.6) is 0 Å². The number of carboxylic acid groups (broad SMARTS) is 1. The van der Waals surface area contributed by atoms with Crippen LogP contribution in [0.25, 0.3) is 11.5 Å². The van der Waals surface area contributed by atoms with Crippen molar-refractivity contribution in [2.45, 2.75) is 24.6 Å². The first kappa shape index (κ1) is 18.9. The molecule has 2 N–H and O–H groups in total. The van der Waals surface area contributed by atoms with Crippen molar-refractivity contribution >= 4 is 23.6 Å². The van der Waals surface area contributed by atoms with Gasteiger partial charge in [0.05, 0.1) is 11.4 Å². The summed E-state index contributed by atoms with van der Waals surface area (Å²) in [5.74, 6) is -1.34. The van der Waals surface area contributed by atoms with Crippen molar-refractivity contribution in [3.63, 3.8) is 0 Å². The number of amides is 1. The molecule has 134 valence electrons. The van der Waals surface area contributed by atoms with E-state index < -0.39 is 30.8 Å². The minimum Gasteiger partial charge on any atom is -0.480 e. The molecule has 1 amide bonds. The molecule has 1 aromatic carbocycles. The number of carboxylic acids is 1. The summed E-state index contributed by atoms with van der Waals surface area (Å²) < 4.78 is 29.9. The maximum Gasteiger partial charge on any atom is 0.326 e. The Bertz CT molecular complexity index is 709. The van der Waals surface area contributed by atoms with Gasteiger partial charge in [-0.2, -0.15) is 0 Å². The van der Waals surface area contributed by atoms with E-state index in [0.29, 0.717) is 17.3 Å². The molecule has 2 aromatic rings. The summed E-state index contributed by atoms with van der Waals surface area (Å²) in [5, 5.41) is 10.9. The number of aliphatic carboxylic acids is 1. The van der Waals surface area contributed by atoms with E-state index >= 15 is 0 Å². The first-order chi connectivity index (χ1) is 12.0. The van der Waals surface area contributed by atoms with Gasteiger partial charge in [0.25, 0.3) is 0 Å². The van der Waals surface area contributed by atoms with Crippen LogP contribution in [0.4, 0.5) is 8.78 Å². The van der Waals surface area contributed by atoms with Crippen LogP contribution < -0.4 is 5.32 Å². The minimum absolute atomic E-state index is 0.0689. The number of oxazole rings is 1. The summed E-state index contributed by atoms with van der Waals surface area (Å²) in [7, 11) is 0. The lowest BCUT2D eigenvalue weighted by atomic mass is 10.2. The number of halogens is 2. The van der Waals surface area contributed by atoms with Crippen LogP contribution in [-0.2, 0) is 15.3 Å². The van der Waals surface area contributed by atoms with Crippen molar-refractivity contribution in [2.75, 3.05) is 5.75 Å². The SMILES string of the molecule is O=C(CSCc1coc(-c2ccccc2)n1)NC(CC(F)F)C(=O)O. The molecular weight excluding hydrogens is 354 g/mol. The molecular formula is C16H16F2N2O4S. The van der Waals surface area contributed by atoms with Crippen LogP contribution in [0.2, 0.25) is 0 Å². The van der Waals surface area contributed by atoms with E-state index in [9.17, 15) is 18.4 Å². The van der Waals surface area contributed by atoms with Crippen molar-refractivity contribution in [3.8, 4) is 11.5 Å². The minimum atomic E-state index is -2.81. The predicted octanol–water partition coefficient (Wildman–Crippen LogP) is 2.80. The molecule has 1 unspecified atom stereocenters. The Hall–Kier alpha value is -2.42. The number of hydrogen-bond donors (Lipinski definition) is 2. The zero-order chi connectivity index (χ0) is 18.2. The number of aromatic nitrogens is 1. The second kappa shape index (κ2) is 9.16. The second-order valence-corrected chi connectivity index (χ2v) is 6.07. The van der Waals surface area contributed by atoms with E-state index in [-0.39, 0.29) is 5.75 Å². The molecule has 9 heteroatoms. The fraction of sp³-hybridized carbons (Fsp3) is 0.312. The molecule has 0 saturated carbocycles. The highest BCUT2D eigenvalue weighted by molar-refractivity contribution is 7.99.